The van der Waals surface area contributed by atoms with Crippen LogP contribution >= 0.6 is 0 Å². The van der Waals surface area contributed by atoms with Crippen LogP contribution in [0.15, 0.2) is 55.0 Å². The Hall–Kier alpha value is -2.93. The fourth-order valence-corrected chi connectivity index (χ4v) is 3.23. The number of aromatic nitrogens is 4. The van der Waals surface area contributed by atoms with Crippen molar-refractivity contribution in [2.24, 2.45) is 7.05 Å². The summed E-state index contributed by atoms with van der Waals surface area (Å²) in [5, 5.41) is 7.67. The molecule has 7 nitrogen and oxygen atoms in total. The summed E-state index contributed by atoms with van der Waals surface area (Å²) in [6.45, 7) is 1.22. The molecule has 1 saturated heterocycles. The molecule has 0 radical (unpaired) electrons. The van der Waals surface area contributed by atoms with Crippen molar-refractivity contribution in [2.45, 2.75) is 31.6 Å². The summed E-state index contributed by atoms with van der Waals surface area (Å²) < 4.78 is 13.6. The molecule has 0 saturated carbocycles. The van der Waals surface area contributed by atoms with Gasteiger partial charge in [0.2, 0.25) is 11.8 Å². The number of anilines is 1. The minimum absolute atomic E-state index is 0.0649. The third-order valence-electron chi connectivity index (χ3n) is 4.55. The standard InChI is InChI=1S/C20H23N5O2/c1-25-13-16(12-22-25)19-17(8-5-11-26-19)23-20-21-10-9-18(24-20)27-14-15-6-3-2-4-7-15/h2-4,6-7,9-10,12-13,17,19H,5,8,11,14H2,1H3,(H,21,23,24)/t17-,19+/m0/s1. The molecule has 4 rings (SSSR count). The van der Waals surface area contributed by atoms with E-state index in [1.807, 2.05) is 49.8 Å². The van der Waals surface area contributed by atoms with E-state index in [0.717, 1.165) is 30.6 Å². The number of nitrogens with one attached hydrogen (secondary N) is 1. The van der Waals surface area contributed by atoms with Gasteiger partial charge in [0.25, 0.3) is 0 Å². The molecule has 3 heterocycles. The highest BCUT2D eigenvalue weighted by atomic mass is 16.5. The van der Waals surface area contributed by atoms with Crippen LogP contribution in [0.5, 0.6) is 5.88 Å². The Bertz CT molecular complexity index is 868. The lowest BCUT2D eigenvalue weighted by Crippen LogP contribution is -2.34. The molecule has 140 valence electrons. The van der Waals surface area contributed by atoms with E-state index >= 15 is 0 Å². The highest BCUT2D eigenvalue weighted by Gasteiger charge is 2.29. The van der Waals surface area contributed by atoms with Crippen molar-refractivity contribution in [3.63, 3.8) is 0 Å². The summed E-state index contributed by atoms with van der Waals surface area (Å²) in [4.78, 5) is 8.84. The molecule has 1 N–H and O–H groups in total. The number of benzene rings is 1. The van der Waals surface area contributed by atoms with Crippen molar-refractivity contribution in [2.75, 3.05) is 11.9 Å². The van der Waals surface area contributed by atoms with E-state index in [2.05, 4.69) is 20.4 Å². The van der Waals surface area contributed by atoms with Crippen LogP contribution in [0.25, 0.3) is 0 Å². The first-order chi connectivity index (χ1) is 13.3. The topological polar surface area (TPSA) is 74.1 Å². The van der Waals surface area contributed by atoms with Crippen molar-refractivity contribution < 1.29 is 9.47 Å². The van der Waals surface area contributed by atoms with Crippen LogP contribution in [0.3, 0.4) is 0 Å². The van der Waals surface area contributed by atoms with Crippen molar-refractivity contribution in [3.8, 4) is 5.88 Å². The van der Waals surface area contributed by atoms with Crippen LogP contribution in [-0.2, 0) is 18.4 Å². The van der Waals surface area contributed by atoms with E-state index in [4.69, 9.17) is 9.47 Å². The molecule has 0 bridgehead atoms. The molecule has 1 aliphatic rings. The van der Waals surface area contributed by atoms with Crippen molar-refractivity contribution in [3.05, 3.63) is 66.1 Å². The lowest BCUT2D eigenvalue weighted by Gasteiger charge is -2.31. The number of hydrogen-bond acceptors (Lipinski definition) is 6. The first-order valence-corrected chi connectivity index (χ1v) is 9.14. The number of ether oxygens (including phenoxy) is 2. The second-order valence-electron chi connectivity index (χ2n) is 6.62. The van der Waals surface area contributed by atoms with Gasteiger partial charge in [-0.2, -0.15) is 10.1 Å². The van der Waals surface area contributed by atoms with E-state index in [1.165, 1.54) is 0 Å². The maximum absolute atomic E-state index is 6.00. The lowest BCUT2D eigenvalue weighted by molar-refractivity contribution is 0.00540. The predicted octanol–water partition coefficient (Wildman–Crippen LogP) is 3.12. The van der Waals surface area contributed by atoms with Gasteiger partial charge in [0.05, 0.1) is 12.2 Å². The molecular formula is C20H23N5O2. The maximum Gasteiger partial charge on any atom is 0.226 e. The number of nitrogens with zero attached hydrogens (tertiary/aromatic N) is 4. The molecule has 1 aliphatic heterocycles. The zero-order valence-electron chi connectivity index (χ0n) is 15.3. The number of rotatable bonds is 6. The van der Waals surface area contributed by atoms with E-state index in [9.17, 15) is 0 Å². The van der Waals surface area contributed by atoms with Crippen molar-refractivity contribution >= 4 is 5.95 Å². The zero-order chi connectivity index (χ0) is 18.5. The summed E-state index contributed by atoms with van der Waals surface area (Å²) in [6.07, 6.45) is 7.47. The zero-order valence-corrected chi connectivity index (χ0v) is 15.3. The van der Waals surface area contributed by atoms with Crippen LogP contribution in [0, 0.1) is 0 Å². The van der Waals surface area contributed by atoms with Gasteiger partial charge in [0, 0.05) is 37.7 Å². The van der Waals surface area contributed by atoms with E-state index in [1.54, 1.807) is 16.9 Å². The Morgan fingerprint density at radius 3 is 2.96 bits per heavy atom. The molecular weight excluding hydrogens is 342 g/mol. The minimum atomic E-state index is -0.0649. The van der Waals surface area contributed by atoms with Gasteiger partial charge in [-0.05, 0) is 18.4 Å². The average Bonchev–Trinajstić information content (AvgIpc) is 3.14. The van der Waals surface area contributed by atoms with Gasteiger partial charge in [-0.1, -0.05) is 30.3 Å². The fraction of sp³-hybridized carbons (Fsp3) is 0.350. The third-order valence-corrected chi connectivity index (χ3v) is 4.55. The van der Waals surface area contributed by atoms with Crippen LogP contribution in [0.2, 0.25) is 0 Å². The fourth-order valence-electron chi connectivity index (χ4n) is 3.23. The first kappa shape index (κ1) is 17.5. The van der Waals surface area contributed by atoms with Gasteiger partial charge in [0.15, 0.2) is 0 Å². The summed E-state index contributed by atoms with van der Waals surface area (Å²) in [7, 11) is 1.91. The van der Waals surface area contributed by atoms with Crippen molar-refractivity contribution in [1.82, 2.24) is 19.7 Å². The molecule has 0 unspecified atom stereocenters. The number of aryl methyl sites for hydroxylation is 1. The normalized spacial score (nSPS) is 19.6. The maximum atomic E-state index is 6.00. The van der Waals surface area contributed by atoms with Crippen molar-refractivity contribution in [1.29, 1.82) is 0 Å². The van der Waals surface area contributed by atoms with Crippen LogP contribution in [0.4, 0.5) is 5.95 Å². The van der Waals surface area contributed by atoms with E-state index in [-0.39, 0.29) is 12.1 Å². The van der Waals surface area contributed by atoms with Crippen LogP contribution in [-0.4, -0.2) is 32.4 Å². The summed E-state index contributed by atoms with van der Waals surface area (Å²) in [5.41, 5.74) is 2.16. The Balaban J connectivity index is 1.43. The smallest absolute Gasteiger partial charge is 0.226 e. The van der Waals surface area contributed by atoms with Gasteiger partial charge in [0.1, 0.15) is 12.7 Å². The Labute approximate surface area is 158 Å². The van der Waals surface area contributed by atoms with Crippen LogP contribution in [0.1, 0.15) is 30.1 Å². The van der Waals surface area contributed by atoms with E-state index in [0.29, 0.717) is 18.4 Å². The SMILES string of the molecule is Cn1cc([C@H]2OCCC[C@@H]2Nc2nccc(OCc3ccccc3)n2)cn1. The molecule has 1 fully saturated rings. The largest absolute Gasteiger partial charge is 0.473 e. The van der Waals surface area contributed by atoms with Gasteiger partial charge in [-0.25, -0.2) is 4.98 Å². The molecule has 0 spiro atoms. The van der Waals surface area contributed by atoms with Gasteiger partial charge in [-0.3, -0.25) is 4.68 Å². The Kier molecular flexibility index (Phi) is 5.29. The van der Waals surface area contributed by atoms with Gasteiger partial charge >= 0.3 is 0 Å². The highest BCUT2D eigenvalue weighted by Crippen LogP contribution is 2.30. The summed E-state index contributed by atoms with van der Waals surface area (Å²) in [5.74, 6) is 1.09. The number of hydrogen-bond donors (Lipinski definition) is 1. The monoisotopic (exact) mass is 365 g/mol. The molecule has 2 aromatic heterocycles. The quantitative estimate of drug-likeness (QED) is 0.723. The third kappa shape index (κ3) is 4.43. The molecule has 7 heteroatoms. The Morgan fingerprint density at radius 1 is 1.26 bits per heavy atom. The summed E-state index contributed by atoms with van der Waals surface area (Å²) >= 11 is 0. The molecule has 0 aliphatic carbocycles. The molecule has 0 amide bonds. The summed E-state index contributed by atoms with van der Waals surface area (Å²) in [6, 6.07) is 11.9. The second-order valence-corrected chi connectivity index (χ2v) is 6.62. The van der Waals surface area contributed by atoms with E-state index < -0.39 is 0 Å². The van der Waals surface area contributed by atoms with Gasteiger partial charge < -0.3 is 14.8 Å². The molecule has 27 heavy (non-hydrogen) atoms. The minimum Gasteiger partial charge on any atom is -0.473 e. The Morgan fingerprint density at radius 2 is 2.15 bits per heavy atom. The predicted molar refractivity (Wildman–Crippen MR) is 101 cm³/mol. The lowest BCUT2D eigenvalue weighted by atomic mass is 9.98. The molecule has 1 aromatic carbocycles. The molecule has 2 atom stereocenters. The first-order valence-electron chi connectivity index (χ1n) is 9.14. The average molecular weight is 365 g/mol. The highest BCUT2D eigenvalue weighted by molar-refractivity contribution is 5.31. The molecule has 3 aromatic rings. The van der Waals surface area contributed by atoms with Crippen LogP contribution < -0.4 is 10.1 Å². The second kappa shape index (κ2) is 8.18. The van der Waals surface area contributed by atoms with Gasteiger partial charge in [-0.15, -0.1) is 0 Å².